The summed E-state index contributed by atoms with van der Waals surface area (Å²) in [6.07, 6.45) is -4.85. The molecule has 10 atom stereocenters. The van der Waals surface area contributed by atoms with Crippen molar-refractivity contribution in [2.24, 2.45) is 17.8 Å². The Bertz CT molecular complexity index is 3130. The summed E-state index contributed by atoms with van der Waals surface area (Å²) in [6, 6.07) is -8.72. The third-order valence-corrected chi connectivity index (χ3v) is 21.3. The van der Waals surface area contributed by atoms with Gasteiger partial charge in [-0.05, 0) is 126 Å². The number of aryl methyl sites for hydroxylation is 1. The molecule has 1 saturated carbocycles. The molecular formula is C70H106ClF5N12O12. The minimum Gasteiger partial charge on any atom is -0.343 e. The second kappa shape index (κ2) is 35.6. The number of nitrogens with one attached hydrogen (secondary N) is 3. The third-order valence-electron chi connectivity index (χ3n) is 21.0. The molecular weight excluding hydrogens is 1330 g/mol. The second-order valence-electron chi connectivity index (χ2n) is 28.9. The molecule has 1 aliphatic carbocycles. The Hall–Kier alpha value is -7.20. The SMILES string of the molecule is CC[C@H](C)[C@@H]1NC(=O)[C@H](CC(C)C)N(C)C(=O)C[C@@H](C(=O)N2CCCCC2)N(C)C(=O)[C@H](C(C)C)N(C)C(=O)C2(CCCC2)NC(=O)[C@@H]2CCCN2C(=O)[C@H](CCc2ccc(C(F)(F)F)c(Cl)c2)NC(=O)CN(C)C(=O)[C@H](CCCCC(F)F)N(C)C(=O)[C@@H]2CCN2C(=O)[C@H](C)N(C)C1=O. The Morgan fingerprint density at radius 2 is 1.30 bits per heavy atom. The highest BCUT2D eigenvalue weighted by Gasteiger charge is 2.51. The van der Waals surface area contributed by atoms with Gasteiger partial charge in [-0.3, -0.25) is 57.5 Å². The topological polar surface area (TPSA) is 270 Å². The third kappa shape index (κ3) is 19.7. The van der Waals surface area contributed by atoms with Crippen LogP contribution in [0.15, 0.2) is 18.2 Å². The molecule has 5 fully saturated rings. The van der Waals surface area contributed by atoms with Crippen LogP contribution in [0.2, 0.25) is 5.02 Å². The molecule has 5 aliphatic rings. The molecule has 1 aromatic carbocycles. The monoisotopic (exact) mass is 1440 g/mol. The van der Waals surface area contributed by atoms with Crippen LogP contribution in [0.25, 0.3) is 0 Å². The van der Waals surface area contributed by atoms with Crippen LogP contribution in [0.3, 0.4) is 0 Å². The maximum absolute atomic E-state index is 15.4. The molecule has 24 nitrogen and oxygen atoms in total. The number of amides is 12. The fraction of sp³-hybridized carbons (Fsp3) is 0.743. The zero-order chi connectivity index (χ0) is 74.6. The number of likely N-dealkylation sites (N-methyl/N-ethyl adjacent to an activating group) is 6. The van der Waals surface area contributed by atoms with Gasteiger partial charge in [0.05, 0.1) is 23.6 Å². The summed E-state index contributed by atoms with van der Waals surface area (Å²) in [7, 11) is 8.15. The van der Waals surface area contributed by atoms with Crippen molar-refractivity contribution in [1.82, 2.24) is 60.0 Å². The number of hydrogen-bond acceptors (Lipinski definition) is 12. The van der Waals surface area contributed by atoms with E-state index >= 15 is 14.4 Å². The summed E-state index contributed by atoms with van der Waals surface area (Å²) in [6.45, 7) is 12.1. The number of rotatable bonds is 14. The minimum absolute atomic E-state index is 0.0177. The van der Waals surface area contributed by atoms with E-state index in [1.54, 1.807) is 32.6 Å². The summed E-state index contributed by atoms with van der Waals surface area (Å²) in [5, 5.41) is 7.93. The van der Waals surface area contributed by atoms with Crippen molar-refractivity contribution >= 4 is 82.5 Å². The van der Waals surface area contributed by atoms with Gasteiger partial charge < -0.3 is 60.0 Å². The first-order valence-electron chi connectivity index (χ1n) is 35.4. The lowest BCUT2D eigenvalue weighted by Gasteiger charge is -2.45. The predicted octanol–water partition coefficient (Wildman–Crippen LogP) is 5.89. The molecule has 0 radical (unpaired) electrons. The number of nitrogens with zero attached hydrogens (tertiary/aromatic N) is 9. The molecule has 100 heavy (non-hydrogen) atoms. The molecule has 4 aliphatic heterocycles. The molecule has 6 rings (SSSR count). The normalized spacial score (nSPS) is 26.8. The number of hydrogen-bond donors (Lipinski definition) is 3. The molecule has 0 bridgehead atoms. The molecule has 560 valence electrons. The lowest BCUT2D eigenvalue weighted by molar-refractivity contribution is -0.160. The number of carbonyl (C=O) groups is 12. The number of halogens is 6. The maximum Gasteiger partial charge on any atom is 0.417 e. The Balaban J connectivity index is 1.43. The van der Waals surface area contributed by atoms with E-state index < -0.39 is 185 Å². The van der Waals surface area contributed by atoms with E-state index in [1.165, 1.54) is 79.8 Å². The van der Waals surface area contributed by atoms with Crippen LogP contribution in [-0.2, 0) is 70.1 Å². The average molecular weight is 1440 g/mol. The average Bonchev–Trinajstić information content (AvgIpc) is 1.32. The van der Waals surface area contributed by atoms with Crippen molar-refractivity contribution in [2.45, 2.75) is 243 Å². The van der Waals surface area contributed by atoms with E-state index in [1.807, 2.05) is 13.8 Å². The first-order chi connectivity index (χ1) is 46.9. The quantitative estimate of drug-likeness (QED) is 0.146. The van der Waals surface area contributed by atoms with Crippen LogP contribution >= 0.6 is 11.6 Å². The Labute approximate surface area is 589 Å². The number of benzene rings is 1. The number of fused-ring (bicyclic) bond motifs is 2. The minimum atomic E-state index is -4.79. The van der Waals surface area contributed by atoms with Gasteiger partial charge in [-0.25, -0.2) is 8.78 Å². The summed E-state index contributed by atoms with van der Waals surface area (Å²) >= 11 is 6.12. The highest BCUT2D eigenvalue weighted by atomic mass is 35.5. The standard InChI is InChI=1S/C70H106ClF5N12O12/c1-14-43(6)57-66(98)81(9)44(7)61(93)88-36-30-51(88)64(96)83(11)50(23-16-17-25-54(72)73)63(95)80(8)40-55(89)77-48(29-27-45-26-28-46(47(71)38-45)70(74,75)76)62(94)87-35-22-24-49(87)60(92)79-69(31-18-19-32-69)68(100)85(13)58(42(4)5)67(99)84(12)53(65(97)86-33-20-15-21-34-86)39-56(90)82(10)52(37-41(2)3)59(91)78-57/h26,28,38,41-44,48-54,57-58H,14-25,27,29-37,39-40H2,1-13H3,(H,77,89)(H,78,91)(H,79,92)/t43-,44-,48-,49-,50-,51-,52-,53-,57-,58-/m0/s1. The van der Waals surface area contributed by atoms with E-state index in [2.05, 4.69) is 16.0 Å². The molecule has 4 heterocycles. The van der Waals surface area contributed by atoms with Gasteiger partial charge in [0.2, 0.25) is 77.3 Å². The van der Waals surface area contributed by atoms with Gasteiger partial charge in [-0.15, -0.1) is 0 Å². The van der Waals surface area contributed by atoms with Gasteiger partial charge in [0.15, 0.2) is 0 Å². The molecule has 0 unspecified atom stereocenters. The molecule has 4 saturated heterocycles. The van der Waals surface area contributed by atoms with Crippen LogP contribution in [0.1, 0.15) is 175 Å². The first kappa shape index (κ1) is 81.8. The summed E-state index contributed by atoms with van der Waals surface area (Å²) in [5.74, 6) is -9.92. The molecule has 1 aromatic rings. The fourth-order valence-corrected chi connectivity index (χ4v) is 14.8. The van der Waals surface area contributed by atoms with Crippen molar-refractivity contribution in [3.63, 3.8) is 0 Å². The molecule has 0 aromatic heterocycles. The van der Waals surface area contributed by atoms with E-state index in [4.69, 9.17) is 11.6 Å². The van der Waals surface area contributed by atoms with Crippen molar-refractivity contribution in [1.29, 1.82) is 0 Å². The number of unbranched alkanes of at least 4 members (excludes halogenated alkanes) is 1. The second-order valence-corrected chi connectivity index (χ2v) is 29.3. The molecule has 30 heteroatoms. The highest BCUT2D eigenvalue weighted by molar-refractivity contribution is 6.31. The van der Waals surface area contributed by atoms with Crippen LogP contribution in [0.4, 0.5) is 22.0 Å². The number of alkyl halides is 5. The number of carbonyl (C=O) groups excluding carboxylic acids is 12. The Kier molecular flexibility index (Phi) is 29.1. The van der Waals surface area contributed by atoms with Crippen molar-refractivity contribution in [3.8, 4) is 0 Å². The van der Waals surface area contributed by atoms with Gasteiger partial charge in [0.25, 0.3) is 0 Å². The highest BCUT2D eigenvalue weighted by Crippen LogP contribution is 2.37. The lowest BCUT2D eigenvalue weighted by Crippen LogP contribution is -2.65. The van der Waals surface area contributed by atoms with Gasteiger partial charge >= 0.3 is 6.18 Å². The summed E-state index contributed by atoms with van der Waals surface area (Å²) in [4.78, 5) is 190. The van der Waals surface area contributed by atoms with Gasteiger partial charge in [-0.2, -0.15) is 13.2 Å². The Morgan fingerprint density at radius 1 is 0.660 bits per heavy atom. The number of likely N-dealkylation sites (tertiary alicyclic amines) is 1. The van der Waals surface area contributed by atoms with Crippen LogP contribution in [-0.4, -0.2) is 256 Å². The molecule has 3 N–H and O–H groups in total. The van der Waals surface area contributed by atoms with E-state index in [0.717, 1.165) is 33.3 Å². The van der Waals surface area contributed by atoms with Crippen molar-refractivity contribution < 1.29 is 79.5 Å². The van der Waals surface area contributed by atoms with Crippen molar-refractivity contribution in [3.05, 3.63) is 34.3 Å². The largest absolute Gasteiger partial charge is 0.417 e. The predicted molar refractivity (Wildman–Crippen MR) is 362 cm³/mol. The smallest absolute Gasteiger partial charge is 0.343 e. The van der Waals surface area contributed by atoms with Gasteiger partial charge in [0.1, 0.15) is 59.9 Å². The Morgan fingerprint density at radius 3 is 1.87 bits per heavy atom. The summed E-state index contributed by atoms with van der Waals surface area (Å²) < 4.78 is 68.5. The zero-order valence-corrected chi connectivity index (χ0v) is 61.2. The maximum atomic E-state index is 15.4. The van der Waals surface area contributed by atoms with Gasteiger partial charge in [-0.1, -0.05) is 84.9 Å². The zero-order valence-electron chi connectivity index (χ0n) is 60.4. The first-order valence-corrected chi connectivity index (χ1v) is 35.8. The fourth-order valence-electron chi connectivity index (χ4n) is 14.5. The molecule has 1 spiro atoms. The van der Waals surface area contributed by atoms with Crippen LogP contribution in [0.5, 0.6) is 0 Å². The number of piperidine rings is 1. The van der Waals surface area contributed by atoms with Gasteiger partial charge in [0, 0.05) is 74.9 Å². The van der Waals surface area contributed by atoms with E-state index in [0.29, 0.717) is 45.2 Å². The van der Waals surface area contributed by atoms with Crippen molar-refractivity contribution in [2.75, 3.05) is 75.0 Å². The van der Waals surface area contributed by atoms with E-state index in [-0.39, 0.29) is 95.2 Å². The summed E-state index contributed by atoms with van der Waals surface area (Å²) in [5.41, 5.74) is -2.48. The van der Waals surface area contributed by atoms with Crippen LogP contribution < -0.4 is 16.0 Å². The lowest BCUT2D eigenvalue weighted by atomic mass is 9.91. The van der Waals surface area contributed by atoms with Crippen LogP contribution in [0, 0.1) is 17.8 Å². The van der Waals surface area contributed by atoms with E-state index in [9.17, 15) is 65.1 Å². The molecule has 12 amide bonds.